The van der Waals surface area contributed by atoms with E-state index in [4.69, 9.17) is 5.73 Å². The van der Waals surface area contributed by atoms with E-state index in [0.717, 1.165) is 0 Å². The fraction of sp³-hybridized carbons (Fsp3) is 0.273. The smallest absolute Gasteiger partial charge is 0.227 e. The molecule has 0 radical (unpaired) electrons. The molecule has 0 bridgehead atoms. The molecule has 1 aliphatic heterocycles. The van der Waals surface area contributed by atoms with Crippen molar-refractivity contribution in [1.29, 1.82) is 0 Å². The predicted molar refractivity (Wildman–Crippen MR) is 56.1 cm³/mol. The van der Waals surface area contributed by atoms with E-state index in [0.29, 0.717) is 5.69 Å². The Bertz CT molecular complexity index is 430. The summed E-state index contributed by atoms with van der Waals surface area (Å²) >= 11 is 0. The molecule has 0 saturated carbocycles. The summed E-state index contributed by atoms with van der Waals surface area (Å²) < 4.78 is 12.7. The van der Waals surface area contributed by atoms with Gasteiger partial charge in [-0.2, -0.15) is 0 Å². The second-order valence-corrected chi connectivity index (χ2v) is 3.78. The third-order valence-corrected chi connectivity index (χ3v) is 2.67. The Kier molecular flexibility index (Phi) is 2.60. The molecule has 1 atom stereocenters. The van der Waals surface area contributed by atoms with Crippen LogP contribution in [-0.2, 0) is 9.59 Å². The van der Waals surface area contributed by atoms with Crippen molar-refractivity contribution in [2.24, 2.45) is 11.7 Å². The van der Waals surface area contributed by atoms with E-state index in [1.807, 2.05) is 0 Å². The van der Waals surface area contributed by atoms with Crippen LogP contribution in [0.5, 0.6) is 0 Å². The van der Waals surface area contributed by atoms with Gasteiger partial charge in [0.1, 0.15) is 5.82 Å². The number of carbonyl (C=O) groups excluding carboxylic acids is 2. The summed E-state index contributed by atoms with van der Waals surface area (Å²) in [5.41, 5.74) is 5.74. The highest BCUT2D eigenvalue weighted by Crippen LogP contribution is 2.24. The Morgan fingerprint density at radius 1 is 1.38 bits per heavy atom. The third-order valence-electron chi connectivity index (χ3n) is 2.67. The minimum absolute atomic E-state index is 0.132. The van der Waals surface area contributed by atoms with Crippen LogP contribution in [0.25, 0.3) is 0 Å². The van der Waals surface area contributed by atoms with Crippen molar-refractivity contribution in [3.05, 3.63) is 30.1 Å². The summed E-state index contributed by atoms with van der Waals surface area (Å²) in [6.07, 6.45) is 0.132. The first-order valence-corrected chi connectivity index (χ1v) is 4.93. The number of halogens is 1. The Morgan fingerprint density at radius 2 is 2.00 bits per heavy atom. The van der Waals surface area contributed by atoms with E-state index in [9.17, 15) is 14.0 Å². The predicted octanol–water partition coefficient (Wildman–Crippen LogP) is 0.664. The van der Waals surface area contributed by atoms with Gasteiger partial charge in [0.25, 0.3) is 0 Å². The molecule has 0 aliphatic carbocycles. The quantitative estimate of drug-likeness (QED) is 0.799. The first-order valence-electron chi connectivity index (χ1n) is 4.93. The normalized spacial score (nSPS) is 20.2. The molecule has 1 unspecified atom stereocenters. The number of hydrogen-bond acceptors (Lipinski definition) is 2. The number of hydrogen-bond donors (Lipinski definition) is 1. The standard InChI is InChI=1S/C11H11FN2O2/c12-8-1-3-9(4-2-8)14-6-7(11(13)16)5-10(14)15/h1-4,7H,5-6H2,(H2,13,16). The van der Waals surface area contributed by atoms with Crippen molar-refractivity contribution in [1.82, 2.24) is 0 Å². The van der Waals surface area contributed by atoms with Crippen LogP contribution in [0.2, 0.25) is 0 Å². The number of nitrogens with zero attached hydrogens (tertiary/aromatic N) is 1. The van der Waals surface area contributed by atoms with Crippen LogP contribution < -0.4 is 10.6 Å². The van der Waals surface area contributed by atoms with Crippen LogP contribution in [0.15, 0.2) is 24.3 Å². The molecule has 16 heavy (non-hydrogen) atoms. The van der Waals surface area contributed by atoms with Crippen molar-refractivity contribution >= 4 is 17.5 Å². The van der Waals surface area contributed by atoms with Gasteiger partial charge >= 0.3 is 0 Å². The Labute approximate surface area is 91.8 Å². The van der Waals surface area contributed by atoms with Crippen LogP contribution in [0.1, 0.15) is 6.42 Å². The van der Waals surface area contributed by atoms with Gasteiger partial charge in [-0.25, -0.2) is 4.39 Å². The minimum atomic E-state index is -0.474. The fourth-order valence-corrected chi connectivity index (χ4v) is 1.77. The van der Waals surface area contributed by atoms with E-state index in [-0.39, 0.29) is 24.7 Å². The van der Waals surface area contributed by atoms with Crippen LogP contribution in [0.4, 0.5) is 10.1 Å². The molecule has 2 N–H and O–H groups in total. The molecule has 1 fully saturated rings. The molecule has 5 heteroatoms. The zero-order valence-corrected chi connectivity index (χ0v) is 8.52. The van der Waals surface area contributed by atoms with Gasteiger partial charge in [0, 0.05) is 18.7 Å². The molecule has 2 rings (SSSR count). The zero-order chi connectivity index (χ0) is 11.7. The highest BCUT2D eigenvalue weighted by molar-refractivity contribution is 5.99. The monoisotopic (exact) mass is 222 g/mol. The van der Waals surface area contributed by atoms with Gasteiger partial charge in [0.2, 0.25) is 11.8 Å². The lowest BCUT2D eigenvalue weighted by Crippen LogP contribution is -2.28. The molecule has 1 heterocycles. The molecular weight excluding hydrogens is 211 g/mol. The Hall–Kier alpha value is -1.91. The molecular formula is C11H11FN2O2. The lowest BCUT2D eigenvalue weighted by atomic mass is 10.1. The lowest BCUT2D eigenvalue weighted by molar-refractivity contribution is -0.123. The maximum atomic E-state index is 12.7. The lowest BCUT2D eigenvalue weighted by Gasteiger charge is -2.15. The van der Waals surface area contributed by atoms with Crippen molar-refractivity contribution < 1.29 is 14.0 Å². The number of rotatable bonds is 2. The van der Waals surface area contributed by atoms with E-state index >= 15 is 0 Å². The van der Waals surface area contributed by atoms with Crippen LogP contribution in [-0.4, -0.2) is 18.4 Å². The summed E-state index contributed by atoms with van der Waals surface area (Å²) in [5, 5.41) is 0. The van der Waals surface area contributed by atoms with Gasteiger partial charge in [-0.05, 0) is 24.3 Å². The average molecular weight is 222 g/mol. The second-order valence-electron chi connectivity index (χ2n) is 3.78. The maximum Gasteiger partial charge on any atom is 0.227 e. The van der Waals surface area contributed by atoms with Gasteiger partial charge in [-0.3, -0.25) is 9.59 Å². The van der Waals surface area contributed by atoms with Crippen molar-refractivity contribution in [3.63, 3.8) is 0 Å². The summed E-state index contributed by atoms with van der Waals surface area (Å²) in [7, 11) is 0. The Balaban J connectivity index is 2.20. The van der Waals surface area contributed by atoms with Crippen LogP contribution >= 0.6 is 0 Å². The van der Waals surface area contributed by atoms with Crippen molar-refractivity contribution in [2.75, 3.05) is 11.4 Å². The summed E-state index contributed by atoms with van der Waals surface area (Å²) in [6, 6.07) is 5.58. The Morgan fingerprint density at radius 3 is 2.50 bits per heavy atom. The summed E-state index contributed by atoms with van der Waals surface area (Å²) in [4.78, 5) is 24.0. The number of benzene rings is 1. The van der Waals surface area contributed by atoms with E-state index in [1.165, 1.54) is 29.2 Å². The minimum Gasteiger partial charge on any atom is -0.369 e. The zero-order valence-electron chi connectivity index (χ0n) is 8.52. The molecule has 4 nitrogen and oxygen atoms in total. The van der Waals surface area contributed by atoms with E-state index < -0.39 is 11.8 Å². The number of nitrogens with two attached hydrogens (primary N) is 1. The highest BCUT2D eigenvalue weighted by Gasteiger charge is 2.33. The number of primary amides is 1. The van der Waals surface area contributed by atoms with Crippen molar-refractivity contribution in [2.45, 2.75) is 6.42 Å². The number of amides is 2. The highest BCUT2D eigenvalue weighted by atomic mass is 19.1. The van der Waals surface area contributed by atoms with Crippen LogP contribution in [0, 0.1) is 11.7 Å². The summed E-state index contributed by atoms with van der Waals surface area (Å²) in [5.74, 6) is -1.44. The third kappa shape index (κ3) is 1.88. The molecule has 1 aliphatic rings. The molecule has 0 spiro atoms. The van der Waals surface area contributed by atoms with E-state index in [2.05, 4.69) is 0 Å². The average Bonchev–Trinajstić information content (AvgIpc) is 2.62. The molecule has 2 amide bonds. The largest absolute Gasteiger partial charge is 0.369 e. The molecule has 1 saturated heterocycles. The van der Waals surface area contributed by atoms with Gasteiger partial charge in [0.15, 0.2) is 0 Å². The topological polar surface area (TPSA) is 63.4 Å². The van der Waals surface area contributed by atoms with Gasteiger partial charge in [-0.1, -0.05) is 0 Å². The first kappa shape index (κ1) is 10.6. The molecule has 0 aromatic heterocycles. The van der Waals surface area contributed by atoms with Gasteiger partial charge < -0.3 is 10.6 Å². The maximum absolute atomic E-state index is 12.7. The van der Waals surface area contributed by atoms with Gasteiger partial charge in [-0.15, -0.1) is 0 Å². The first-order chi connectivity index (χ1) is 7.58. The molecule has 1 aromatic carbocycles. The summed E-state index contributed by atoms with van der Waals surface area (Å²) in [6.45, 7) is 0.278. The second kappa shape index (κ2) is 3.92. The van der Waals surface area contributed by atoms with E-state index in [1.54, 1.807) is 0 Å². The molecule has 1 aromatic rings. The van der Waals surface area contributed by atoms with Crippen molar-refractivity contribution in [3.8, 4) is 0 Å². The number of anilines is 1. The number of carbonyl (C=O) groups is 2. The van der Waals surface area contributed by atoms with Gasteiger partial charge in [0.05, 0.1) is 5.92 Å². The molecule has 84 valence electrons. The SMILES string of the molecule is NC(=O)C1CC(=O)N(c2ccc(F)cc2)C1. The fourth-order valence-electron chi connectivity index (χ4n) is 1.77. The van der Waals surface area contributed by atoms with Crippen LogP contribution in [0.3, 0.4) is 0 Å².